The van der Waals surface area contributed by atoms with Crippen LogP contribution in [0.2, 0.25) is 0 Å². The zero-order valence-corrected chi connectivity index (χ0v) is 10.7. The fraction of sp³-hybridized carbons (Fsp3) is 0.583. The standard InChI is InChI=1S/C12H20N4O/c1-4-6-14-11-8-13-7-10(16-11)12(17)15-9(3)5-2/h7-9H,4-6H2,1-3H3,(H,14,16)(H,15,17). The minimum absolute atomic E-state index is 0.150. The van der Waals surface area contributed by atoms with Gasteiger partial charge in [-0.15, -0.1) is 0 Å². The summed E-state index contributed by atoms with van der Waals surface area (Å²) in [6.07, 6.45) is 5.00. The molecule has 2 N–H and O–H groups in total. The summed E-state index contributed by atoms with van der Waals surface area (Å²) in [5.74, 6) is 0.468. The van der Waals surface area contributed by atoms with Crippen LogP contribution in [0.15, 0.2) is 12.4 Å². The van der Waals surface area contributed by atoms with E-state index in [4.69, 9.17) is 0 Å². The highest BCUT2D eigenvalue weighted by Crippen LogP contribution is 2.03. The SMILES string of the molecule is CCCNc1cncc(C(=O)NC(C)CC)n1. The van der Waals surface area contributed by atoms with E-state index in [1.54, 1.807) is 6.20 Å². The lowest BCUT2D eigenvalue weighted by Crippen LogP contribution is -2.32. The van der Waals surface area contributed by atoms with Crippen LogP contribution in [0.3, 0.4) is 0 Å². The number of carbonyl (C=O) groups excluding carboxylic acids is 1. The van der Waals surface area contributed by atoms with Crippen molar-refractivity contribution in [3.8, 4) is 0 Å². The highest BCUT2D eigenvalue weighted by Gasteiger charge is 2.10. The van der Waals surface area contributed by atoms with Crippen LogP contribution in [-0.2, 0) is 0 Å². The van der Waals surface area contributed by atoms with Crippen LogP contribution in [-0.4, -0.2) is 28.5 Å². The lowest BCUT2D eigenvalue weighted by atomic mass is 10.2. The third-order valence-electron chi connectivity index (χ3n) is 2.41. The minimum Gasteiger partial charge on any atom is -0.369 e. The van der Waals surface area contributed by atoms with Gasteiger partial charge >= 0.3 is 0 Å². The maximum Gasteiger partial charge on any atom is 0.271 e. The Bertz CT molecular complexity index is 367. The van der Waals surface area contributed by atoms with Gasteiger partial charge in [-0.25, -0.2) is 4.98 Å². The molecule has 5 heteroatoms. The fourth-order valence-corrected chi connectivity index (χ4v) is 1.21. The Morgan fingerprint density at radius 1 is 1.41 bits per heavy atom. The number of amides is 1. The highest BCUT2D eigenvalue weighted by atomic mass is 16.1. The van der Waals surface area contributed by atoms with Gasteiger partial charge in [-0.05, 0) is 19.8 Å². The van der Waals surface area contributed by atoms with Crippen LogP contribution in [0.5, 0.6) is 0 Å². The van der Waals surface area contributed by atoms with E-state index in [2.05, 4.69) is 27.5 Å². The normalized spacial score (nSPS) is 11.9. The van der Waals surface area contributed by atoms with Gasteiger partial charge in [0.1, 0.15) is 11.5 Å². The molecular weight excluding hydrogens is 216 g/mol. The summed E-state index contributed by atoms with van der Waals surface area (Å²) in [4.78, 5) is 20.0. The molecule has 1 aromatic heterocycles. The lowest BCUT2D eigenvalue weighted by molar-refractivity contribution is 0.0934. The zero-order valence-electron chi connectivity index (χ0n) is 10.7. The van der Waals surface area contributed by atoms with Crippen LogP contribution in [0.25, 0.3) is 0 Å². The molecule has 17 heavy (non-hydrogen) atoms. The third kappa shape index (κ3) is 4.38. The molecule has 0 fully saturated rings. The highest BCUT2D eigenvalue weighted by molar-refractivity contribution is 5.92. The average Bonchev–Trinajstić information content (AvgIpc) is 2.36. The average molecular weight is 236 g/mol. The van der Waals surface area contributed by atoms with E-state index in [9.17, 15) is 4.79 Å². The third-order valence-corrected chi connectivity index (χ3v) is 2.41. The Labute approximate surface area is 102 Å². The van der Waals surface area contributed by atoms with Gasteiger partial charge in [0.2, 0.25) is 0 Å². The maximum atomic E-state index is 11.8. The van der Waals surface area contributed by atoms with Gasteiger partial charge in [0, 0.05) is 12.6 Å². The van der Waals surface area contributed by atoms with E-state index in [1.807, 2.05) is 13.8 Å². The lowest BCUT2D eigenvalue weighted by Gasteiger charge is -2.11. The van der Waals surface area contributed by atoms with Gasteiger partial charge in [-0.3, -0.25) is 9.78 Å². The van der Waals surface area contributed by atoms with Crippen molar-refractivity contribution in [2.45, 2.75) is 39.7 Å². The molecule has 5 nitrogen and oxygen atoms in total. The first-order valence-corrected chi connectivity index (χ1v) is 6.04. The molecule has 1 unspecified atom stereocenters. The van der Waals surface area contributed by atoms with Crippen molar-refractivity contribution in [1.29, 1.82) is 0 Å². The molecule has 0 aliphatic rings. The van der Waals surface area contributed by atoms with E-state index in [-0.39, 0.29) is 11.9 Å². The summed E-state index contributed by atoms with van der Waals surface area (Å²) >= 11 is 0. The minimum atomic E-state index is -0.174. The first-order chi connectivity index (χ1) is 8.17. The summed E-state index contributed by atoms with van der Waals surface area (Å²) in [6.45, 7) is 6.88. The molecule has 0 aliphatic carbocycles. The summed E-state index contributed by atoms with van der Waals surface area (Å²) in [6, 6.07) is 0.150. The van der Waals surface area contributed by atoms with E-state index in [0.29, 0.717) is 11.5 Å². The topological polar surface area (TPSA) is 66.9 Å². The summed E-state index contributed by atoms with van der Waals surface area (Å²) in [7, 11) is 0. The number of hydrogen-bond donors (Lipinski definition) is 2. The van der Waals surface area contributed by atoms with E-state index >= 15 is 0 Å². The van der Waals surface area contributed by atoms with Gasteiger partial charge in [0.15, 0.2) is 0 Å². The zero-order chi connectivity index (χ0) is 12.7. The smallest absolute Gasteiger partial charge is 0.271 e. The van der Waals surface area contributed by atoms with Crippen molar-refractivity contribution in [2.75, 3.05) is 11.9 Å². The quantitative estimate of drug-likeness (QED) is 0.790. The largest absolute Gasteiger partial charge is 0.369 e. The molecular formula is C12H20N4O. The Morgan fingerprint density at radius 2 is 2.18 bits per heavy atom. The van der Waals surface area contributed by atoms with E-state index in [1.165, 1.54) is 6.20 Å². The van der Waals surface area contributed by atoms with Crippen LogP contribution in [0, 0.1) is 0 Å². The Kier molecular flexibility index (Phi) is 5.39. The predicted molar refractivity (Wildman–Crippen MR) is 68.0 cm³/mol. The van der Waals surface area contributed by atoms with Crippen LogP contribution >= 0.6 is 0 Å². The molecule has 0 saturated heterocycles. The summed E-state index contributed by atoms with van der Waals surface area (Å²) in [5, 5.41) is 5.96. The van der Waals surface area contributed by atoms with Crippen molar-refractivity contribution in [3.05, 3.63) is 18.1 Å². The van der Waals surface area contributed by atoms with Gasteiger partial charge in [-0.2, -0.15) is 0 Å². The molecule has 0 aliphatic heterocycles. The van der Waals surface area contributed by atoms with Crippen molar-refractivity contribution in [2.24, 2.45) is 0 Å². The summed E-state index contributed by atoms with van der Waals surface area (Å²) < 4.78 is 0. The second-order valence-corrected chi connectivity index (χ2v) is 4.00. The van der Waals surface area contributed by atoms with Crippen molar-refractivity contribution >= 4 is 11.7 Å². The predicted octanol–water partition coefficient (Wildman–Crippen LogP) is 1.83. The molecule has 1 atom stereocenters. The fourth-order valence-electron chi connectivity index (χ4n) is 1.21. The van der Waals surface area contributed by atoms with Gasteiger partial charge in [0.05, 0.1) is 12.4 Å². The van der Waals surface area contributed by atoms with Crippen molar-refractivity contribution in [1.82, 2.24) is 15.3 Å². The number of nitrogens with one attached hydrogen (secondary N) is 2. The number of anilines is 1. The number of aromatic nitrogens is 2. The van der Waals surface area contributed by atoms with Crippen LogP contribution < -0.4 is 10.6 Å². The first-order valence-electron chi connectivity index (χ1n) is 6.04. The van der Waals surface area contributed by atoms with Gasteiger partial charge in [-0.1, -0.05) is 13.8 Å². The molecule has 1 aromatic rings. The molecule has 1 amide bonds. The number of hydrogen-bond acceptors (Lipinski definition) is 4. The monoisotopic (exact) mass is 236 g/mol. The number of nitrogens with zero attached hydrogens (tertiary/aromatic N) is 2. The molecule has 94 valence electrons. The molecule has 1 rings (SSSR count). The molecule has 0 radical (unpaired) electrons. The molecule has 0 aromatic carbocycles. The van der Waals surface area contributed by atoms with Crippen molar-refractivity contribution in [3.63, 3.8) is 0 Å². The second kappa shape index (κ2) is 6.83. The van der Waals surface area contributed by atoms with Crippen molar-refractivity contribution < 1.29 is 4.79 Å². The van der Waals surface area contributed by atoms with Gasteiger partial charge < -0.3 is 10.6 Å². The Morgan fingerprint density at radius 3 is 2.82 bits per heavy atom. The molecule has 0 saturated carbocycles. The van der Waals surface area contributed by atoms with E-state index in [0.717, 1.165) is 19.4 Å². The number of rotatable bonds is 6. The Hall–Kier alpha value is -1.65. The van der Waals surface area contributed by atoms with Gasteiger partial charge in [0.25, 0.3) is 5.91 Å². The van der Waals surface area contributed by atoms with Crippen LogP contribution in [0.4, 0.5) is 5.82 Å². The first kappa shape index (κ1) is 13.4. The Balaban J connectivity index is 2.66. The molecule has 0 bridgehead atoms. The molecule has 1 heterocycles. The van der Waals surface area contributed by atoms with E-state index < -0.39 is 0 Å². The molecule has 0 spiro atoms. The number of carbonyl (C=O) groups is 1. The maximum absolute atomic E-state index is 11.8. The summed E-state index contributed by atoms with van der Waals surface area (Å²) in [5.41, 5.74) is 0.353. The van der Waals surface area contributed by atoms with Crippen LogP contribution in [0.1, 0.15) is 44.1 Å². The second-order valence-electron chi connectivity index (χ2n) is 4.00.